The van der Waals surface area contributed by atoms with Gasteiger partial charge in [-0.25, -0.2) is 26.6 Å². The Kier molecular flexibility index (Phi) is 8.93. The molecule has 3 aromatic heterocycles. The number of fused-ring (bicyclic) bond motifs is 1. The molecule has 5 heterocycles. The molecule has 0 bridgehead atoms. The number of anilines is 3. The molecular weight excluding hydrogens is 623 g/mol. The van der Waals surface area contributed by atoms with E-state index in [0.29, 0.717) is 24.3 Å². The summed E-state index contributed by atoms with van der Waals surface area (Å²) in [5, 5.41) is 7.74. The SMILES string of the molecule is C[C@H]1CN(c2ccncc2Nc2ncc3ccc(-c4c(F)cc(C5(F)CCOCC5)cc4F)nn23)C[C@@H](N)[C@H]1OCCS(C)(=O)=O. The number of hydrogen-bond donors (Lipinski definition) is 2. The highest BCUT2D eigenvalue weighted by Gasteiger charge is 2.36. The van der Waals surface area contributed by atoms with E-state index in [2.05, 4.69) is 25.3 Å². The van der Waals surface area contributed by atoms with Crippen LogP contribution in [0.5, 0.6) is 0 Å². The van der Waals surface area contributed by atoms with Crippen molar-refractivity contribution >= 4 is 32.7 Å². The Morgan fingerprint density at radius 1 is 1.13 bits per heavy atom. The van der Waals surface area contributed by atoms with Crippen molar-refractivity contribution in [2.24, 2.45) is 11.7 Å². The molecule has 0 radical (unpaired) electrons. The van der Waals surface area contributed by atoms with Crippen molar-refractivity contribution in [3.63, 3.8) is 0 Å². The van der Waals surface area contributed by atoms with Crippen LogP contribution in [0.2, 0.25) is 0 Å². The first-order valence-electron chi connectivity index (χ1n) is 15.0. The number of halogens is 3. The summed E-state index contributed by atoms with van der Waals surface area (Å²) in [6.45, 7) is 3.47. The van der Waals surface area contributed by atoms with E-state index in [-0.39, 0.29) is 79.2 Å². The number of nitrogens with two attached hydrogens (primary N) is 1. The zero-order valence-corrected chi connectivity index (χ0v) is 26.3. The second-order valence-electron chi connectivity index (χ2n) is 12.1. The van der Waals surface area contributed by atoms with E-state index in [1.54, 1.807) is 24.7 Å². The minimum atomic E-state index is -3.15. The van der Waals surface area contributed by atoms with Crippen molar-refractivity contribution in [3.05, 3.63) is 66.1 Å². The Morgan fingerprint density at radius 2 is 1.87 bits per heavy atom. The van der Waals surface area contributed by atoms with Crippen molar-refractivity contribution in [2.45, 2.75) is 37.6 Å². The van der Waals surface area contributed by atoms with Crippen LogP contribution in [0.25, 0.3) is 16.8 Å². The van der Waals surface area contributed by atoms with Gasteiger partial charge in [-0.15, -0.1) is 0 Å². The van der Waals surface area contributed by atoms with Crippen LogP contribution in [0, 0.1) is 17.6 Å². The first kappa shape index (κ1) is 32.2. The molecule has 246 valence electrons. The quantitative estimate of drug-likeness (QED) is 0.271. The predicted molar refractivity (Wildman–Crippen MR) is 168 cm³/mol. The summed E-state index contributed by atoms with van der Waals surface area (Å²) < 4.78 is 81.8. The van der Waals surface area contributed by atoms with Crippen LogP contribution < -0.4 is 16.0 Å². The van der Waals surface area contributed by atoms with Gasteiger partial charge in [0.05, 0.1) is 59.0 Å². The number of pyridine rings is 1. The number of rotatable bonds is 9. The number of nitrogens with one attached hydrogen (secondary N) is 1. The van der Waals surface area contributed by atoms with Gasteiger partial charge in [0, 0.05) is 63.6 Å². The van der Waals surface area contributed by atoms with Gasteiger partial charge in [-0.05, 0) is 35.9 Å². The fourth-order valence-electron chi connectivity index (χ4n) is 6.17. The number of alkyl halides is 1. The normalized spacial score (nSPS) is 21.9. The van der Waals surface area contributed by atoms with Gasteiger partial charge >= 0.3 is 0 Å². The zero-order valence-electron chi connectivity index (χ0n) is 25.5. The topological polar surface area (TPSA) is 137 Å². The first-order chi connectivity index (χ1) is 21.9. The second-order valence-corrected chi connectivity index (χ2v) is 14.3. The number of piperidine rings is 1. The van der Waals surface area contributed by atoms with Gasteiger partial charge in [-0.1, -0.05) is 6.92 Å². The number of nitrogens with zero attached hydrogens (tertiary/aromatic N) is 5. The number of hydrogen-bond acceptors (Lipinski definition) is 10. The van der Waals surface area contributed by atoms with Crippen LogP contribution in [-0.2, 0) is 25.0 Å². The molecule has 6 rings (SSSR count). The lowest BCUT2D eigenvalue weighted by atomic mass is 9.87. The molecule has 15 heteroatoms. The highest BCUT2D eigenvalue weighted by molar-refractivity contribution is 7.90. The molecule has 2 aliphatic heterocycles. The monoisotopic (exact) mass is 659 g/mol. The van der Waals surface area contributed by atoms with Gasteiger partial charge in [0.25, 0.3) is 0 Å². The number of benzene rings is 1. The van der Waals surface area contributed by atoms with E-state index < -0.39 is 27.1 Å². The maximum absolute atomic E-state index is 15.5. The van der Waals surface area contributed by atoms with E-state index >= 15 is 13.2 Å². The Bertz CT molecular complexity index is 1800. The molecule has 3 atom stereocenters. The highest BCUT2D eigenvalue weighted by atomic mass is 32.2. The van der Waals surface area contributed by atoms with Crippen molar-refractivity contribution in [1.29, 1.82) is 0 Å². The molecule has 4 aromatic rings. The molecule has 46 heavy (non-hydrogen) atoms. The Labute approximate surface area is 264 Å². The van der Waals surface area contributed by atoms with E-state index in [0.717, 1.165) is 17.8 Å². The van der Waals surface area contributed by atoms with Gasteiger partial charge in [0.2, 0.25) is 5.95 Å². The minimum Gasteiger partial charge on any atom is -0.381 e. The fourth-order valence-corrected chi connectivity index (χ4v) is 6.57. The fraction of sp³-hybridized carbons (Fsp3) is 0.452. The molecule has 1 aromatic carbocycles. The summed E-state index contributed by atoms with van der Waals surface area (Å²) in [5.74, 6) is -1.62. The molecular formula is C31H36F3N7O4S. The van der Waals surface area contributed by atoms with Crippen LogP contribution in [0.1, 0.15) is 25.3 Å². The molecule has 2 saturated heterocycles. The van der Waals surface area contributed by atoms with Gasteiger partial charge < -0.3 is 25.4 Å². The molecule has 0 saturated carbocycles. The number of ether oxygens (including phenoxy) is 2. The van der Waals surface area contributed by atoms with Gasteiger partial charge in [0.15, 0.2) is 0 Å². The average Bonchev–Trinajstić information content (AvgIpc) is 3.40. The van der Waals surface area contributed by atoms with Crippen molar-refractivity contribution in [2.75, 3.05) is 55.1 Å². The molecule has 3 N–H and O–H groups in total. The summed E-state index contributed by atoms with van der Waals surface area (Å²) >= 11 is 0. The third kappa shape index (κ3) is 6.68. The van der Waals surface area contributed by atoms with Crippen LogP contribution >= 0.6 is 0 Å². The standard InChI is InChI=1S/C31H36F3N7O4S/c1-19-17-40(18-24(35)29(19)45-11-12-46(2,42)43)27-5-8-36-16-26(27)38-30-37-15-21-3-4-25(39-41(21)30)28-22(32)13-20(14-23(28)33)31(34)6-9-44-10-7-31/h3-5,8,13-16,19,24,29H,6-7,9-12,17-18,35H2,1-2H3,(H,37,38)/t19-,24+,29-/m0/s1. The van der Waals surface area contributed by atoms with Crippen LogP contribution in [0.15, 0.2) is 48.9 Å². The van der Waals surface area contributed by atoms with Crippen LogP contribution in [-0.4, -0.2) is 85.1 Å². The number of aromatic nitrogens is 4. The largest absolute Gasteiger partial charge is 0.381 e. The van der Waals surface area contributed by atoms with Crippen LogP contribution in [0.4, 0.5) is 30.5 Å². The minimum absolute atomic E-state index is 0.00397. The third-order valence-corrected chi connectivity index (χ3v) is 9.47. The maximum atomic E-state index is 15.5. The van der Waals surface area contributed by atoms with Gasteiger partial charge in [0.1, 0.15) is 27.1 Å². The van der Waals surface area contributed by atoms with E-state index in [1.165, 1.54) is 16.8 Å². The lowest BCUT2D eigenvalue weighted by Gasteiger charge is -2.42. The zero-order chi connectivity index (χ0) is 32.6. The Hall–Kier alpha value is -3.79. The molecule has 11 nitrogen and oxygen atoms in total. The van der Waals surface area contributed by atoms with Crippen molar-refractivity contribution in [1.82, 2.24) is 19.6 Å². The summed E-state index contributed by atoms with van der Waals surface area (Å²) in [6, 6.07) is 6.66. The molecule has 2 fully saturated rings. The summed E-state index contributed by atoms with van der Waals surface area (Å²) in [4.78, 5) is 10.8. The summed E-state index contributed by atoms with van der Waals surface area (Å²) in [5.41, 5.74) is 6.19. The molecule has 0 aliphatic carbocycles. The van der Waals surface area contributed by atoms with E-state index in [4.69, 9.17) is 15.2 Å². The van der Waals surface area contributed by atoms with Crippen LogP contribution in [0.3, 0.4) is 0 Å². The molecule has 2 aliphatic rings. The predicted octanol–water partition coefficient (Wildman–Crippen LogP) is 4.00. The number of imidazole rings is 1. The Morgan fingerprint density at radius 3 is 2.57 bits per heavy atom. The van der Waals surface area contributed by atoms with Crippen molar-refractivity contribution in [3.8, 4) is 11.3 Å². The molecule has 0 amide bonds. The Balaban J connectivity index is 1.24. The second kappa shape index (κ2) is 12.8. The average molecular weight is 660 g/mol. The summed E-state index contributed by atoms with van der Waals surface area (Å²) in [6.07, 6.45) is 5.77. The summed E-state index contributed by atoms with van der Waals surface area (Å²) in [7, 11) is -3.15. The van der Waals surface area contributed by atoms with E-state index in [9.17, 15) is 8.42 Å². The highest BCUT2D eigenvalue weighted by Crippen LogP contribution is 2.39. The molecule has 0 unspecified atom stereocenters. The third-order valence-electron chi connectivity index (χ3n) is 8.56. The van der Waals surface area contributed by atoms with Gasteiger partial charge in [-0.2, -0.15) is 9.61 Å². The van der Waals surface area contributed by atoms with E-state index in [1.807, 2.05) is 13.0 Å². The smallest absolute Gasteiger partial charge is 0.229 e. The van der Waals surface area contributed by atoms with Crippen molar-refractivity contribution < 1.29 is 31.1 Å². The lowest BCUT2D eigenvalue weighted by Crippen LogP contribution is -2.57. The first-order valence-corrected chi connectivity index (χ1v) is 17.1. The number of sulfone groups is 1. The lowest BCUT2D eigenvalue weighted by molar-refractivity contribution is -0.0117. The maximum Gasteiger partial charge on any atom is 0.229 e. The van der Waals surface area contributed by atoms with Gasteiger partial charge in [-0.3, -0.25) is 4.98 Å². The molecule has 0 spiro atoms.